The number of nitrogens with zero attached hydrogens (tertiary/aromatic N) is 1. The van der Waals surface area contributed by atoms with Gasteiger partial charge in [-0.2, -0.15) is 0 Å². The maximum Gasteiger partial charge on any atom is 0.224 e. The van der Waals surface area contributed by atoms with Gasteiger partial charge in [0.05, 0.1) is 5.69 Å². The van der Waals surface area contributed by atoms with Gasteiger partial charge in [-0.3, -0.25) is 9.78 Å². The summed E-state index contributed by atoms with van der Waals surface area (Å²) < 4.78 is 13.3. The number of hydrogen-bond donors (Lipinski definition) is 1. The second-order valence-electron chi connectivity index (χ2n) is 3.45. The SMILES string of the molecule is CCC(=O)Nc1cc(F)cc2cnccc12. The van der Waals surface area contributed by atoms with Gasteiger partial charge in [0.1, 0.15) is 5.82 Å². The summed E-state index contributed by atoms with van der Waals surface area (Å²) in [5, 5.41) is 4.13. The Kier molecular flexibility index (Phi) is 2.81. The molecule has 1 N–H and O–H groups in total. The average molecular weight is 218 g/mol. The molecule has 0 aliphatic heterocycles. The molecule has 1 heterocycles. The monoisotopic (exact) mass is 218 g/mol. The van der Waals surface area contributed by atoms with Crippen molar-refractivity contribution in [3.63, 3.8) is 0 Å². The molecule has 1 aromatic heterocycles. The standard InChI is InChI=1S/C12H11FN2O/c1-2-12(16)15-11-6-9(13)5-8-7-14-4-3-10(8)11/h3-7H,2H2,1H3,(H,15,16). The highest BCUT2D eigenvalue weighted by molar-refractivity contribution is 6.01. The van der Waals surface area contributed by atoms with Crippen LogP contribution in [0.1, 0.15) is 13.3 Å². The largest absolute Gasteiger partial charge is 0.325 e. The molecule has 0 saturated heterocycles. The highest BCUT2D eigenvalue weighted by Gasteiger charge is 2.06. The van der Waals surface area contributed by atoms with Gasteiger partial charge in [-0.1, -0.05) is 6.92 Å². The van der Waals surface area contributed by atoms with Gasteiger partial charge in [0, 0.05) is 29.6 Å². The quantitative estimate of drug-likeness (QED) is 0.842. The number of benzene rings is 1. The molecule has 3 nitrogen and oxygen atoms in total. The summed E-state index contributed by atoms with van der Waals surface area (Å²) in [7, 11) is 0. The molecule has 16 heavy (non-hydrogen) atoms. The van der Waals surface area contributed by atoms with E-state index in [0.717, 1.165) is 5.39 Å². The van der Waals surface area contributed by atoms with E-state index >= 15 is 0 Å². The van der Waals surface area contributed by atoms with Crippen molar-refractivity contribution in [2.24, 2.45) is 0 Å². The van der Waals surface area contributed by atoms with Gasteiger partial charge in [0.2, 0.25) is 5.91 Å². The number of halogens is 1. The predicted molar refractivity (Wildman–Crippen MR) is 60.6 cm³/mol. The third kappa shape index (κ3) is 2.00. The van der Waals surface area contributed by atoms with Gasteiger partial charge in [0.15, 0.2) is 0 Å². The van der Waals surface area contributed by atoms with Crippen molar-refractivity contribution in [1.29, 1.82) is 0 Å². The van der Waals surface area contributed by atoms with Crippen molar-refractivity contribution < 1.29 is 9.18 Å². The van der Waals surface area contributed by atoms with Crippen LogP contribution in [0, 0.1) is 5.82 Å². The molecule has 0 radical (unpaired) electrons. The Bertz CT molecular complexity index is 540. The van der Waals surface area contributed by atoms with E-state index in [1.165, 1.54) is 12.1 Å². The van der Waals surface area contributed by atoms with Crippen LogP contribution in [0.25, 0.3) is 10.8 Å². The molecule has 82 valence electrons. The van der Waals surface area contributed by atoms with Gasteiger partial charge < -0.3 is 5.32 Å². The zero-order valence-corrected chi connectivity index (χ0v) is 8.83. The Morgan fingerprint density at radius 1 is 1.50 bits per heavy atom. The molecule has 2 rings (SSSR count). The third-order valence-corrected chi connectivity index (χ3v) is 2.31. The van der Waals surface area contributed by atoms with Gasteiger partial charge >= 0.3 is 0 Å². The first kappa shape index (κ1) is 10.5. The lowest BCUT2D eigenvalue weighted by Gasteiger charge is -2.07. The summed E-state index contributed by atoms with van der Waals surface area (Å²) >= 11 is 0. The van der Waals surface area contributed by atoms with Crippen LogP contribution >= 0.6 is 0 Å². The lowest BCUT2D eigenvalue weighted by Crippen LogP contribution is -2.10. The van der Waals surface area contributed by atoms with E-state index in [0.29, 0.717) is 17.5 Å². The Labute approximate surface area is 92.3 Å². The molecule has 0 bridgehead atoms. The van der Waals surface area contributed by atoms with Crippen LogP contribution in [0.2, 0.25) is 0 Å². The second-order valence-corrected chi connectivity index (χ2v) is 3.45. The fourth-order valence-electron chi connectivity index (χ4n) is 1.51. The lowest BCUT2D eigenvalue weighted by molar-refractivity contribution is -0.115. The number of carbonyl (C=O) groups excluding carboxylic acids is 1. The number of hydrogen-bond acceptors (Lipinski definition) is 2. The maximum absolute atomic E-state index is 13.3. The van der Waals surface area contributed by atoms with E-state index in [2.05, 4.69) is 10.3 Å². The van der Waals surface area contributed by atoms with E-state index in [9.17, 15) is 9.18 Å². The second kappa shape index (κ2) is 4.26. The molecule has 1 aromatic carbocycles. The number of nitrogens with one attached hydrogen (secondary N) is 1. The van der Waals surface area contributed by atoms with E-state index in [1.807, 2.05) is 0 Å². The van der Waals surface area contributed by atoms with Crippen molar-refractivity contribution in [1.82, 2.24) is 4.98 Å². The van der Waals surface area contributed by atoms with Crippen LogP contribution < -0.4 is 5.32 Å². The van der Waals surface area contributed by atoms with Gasteiger partial charge in [-0.15, -0.1) is 0 Å². The highest BCUT2D eigenvalue weighted by Crippen LogP contribution is 2.24. The number of aromatic nitrogens is 1. The Morgan fingerprint density at radius 3 is 3.06 bits per heavy atom. The van der Waals surface area contributed by atoms with E-state index in [1.54, 1.807) is 25.4 Å². The Balaban J connectivity index is 2.54. The van der Waals surface area contributed by atoms with E-state index in [4.69, 9.17) is 0 Å². The zero-order valence-electron chi connectivity index (χ0n) is 8.83. The Morgan fingerprint density at radius 2 is 2.31 bits per heavy atom. The van der Waals surface area contributed by atoms with Crippen molar-refractivity contribution >= 4 is 22.4 Å². The minimum Gasteiger partial charge on any atom is -0.325 e. The summed E-state index contributed by atoms with van der Waals surface area (Å²) in [6.45, 7) is 1.75. The fraction of sp³-hybridized carbons (Fsp3) is 0.167. The van der Waals surface area contributed by atoms with Crippen LogP contribution in [-0.4, -0.2) is 10.9 Å². The van der Waals surface area contributed by atoms with Crippen LogP contribution in [0.4, 0.5) is 10.1 Å². The number of rotatable bonds is 2. The normalized spacial score (nSPS) is 10.4. The molecule has 0 fully saturated rings. The first-order valence-corrected chi connectivity index (χ1v) is 5.04. The molecule has 0 unspecified atom stereocenters. The maximum atomic E-state index is 13.3. The minimum atomic E-state index is -0.382. The van der Waals surface area contributed by atoms with Crippen molar-refractivity contribution in [2.45, 2.75) is 13.3 Å². The first-order valence-electron chi connectivity index (χ1n) is 5.04. The summed E-state index contributed by atoms with van der Waals surface area (Å²) in [5.74, 6) is -0.518. The van der Waals surface area contributed by atoms with Crippen LogP contribution in [0.15, 0.2) is 30.6 Å². The summed E-state index contributed by atoms with van der Waals surface area (Å²) in [6.07, 6.45) is 3.55. The molecule has 0 saturated carbocycles. The molecule has 1 amide bonds. The molecule has 4 heteroatoms. The summed E-state index contributed by atoms with van der Waals surface area (Å²) in [5.41, 5.74) is 0.490. The highest BCUT2D eigenvalue weighted by atomic mass is 19.1. The fourth-order valence-corrected chi connectivity index (χ4v) is 1.51. The number of pyridine rings is 1. The molecule has 0 aliphatic rings. The topological polar surface area (TPSA) is 42.0 Å². The molecular formula is C12H11FN2O. The van der Waals surface area contributed by atoms with Gasteiger partial charge in [0.25, 0.3) is 0 Å². The molecular weight excluding hydrogens is 207 g/mol. The van der Waals surface area contributed by atoms with E-state index in [-0.39, 0.29) is 11.7 Å². The van der Waals surface area contributed by atoms with Crippen LogP contribution in [-0.2, 0) is 4.79 Å². The minimum absolute atomic E-state index is 0.135. The number of amides is 1. The third-order valence-electron chi connectivity index (χ3n) is 2.31. The van der Waals surface area contributed by atoms with Crippen molar-refractivity contribution in [2.75, 3.05) is 5.32 Å². The number of carbonyl (C=O) groups is 1. The first-order chi connectivity index (χ1) is 7.70. The Hall–Kier alpha value is -1.97. The molecule has 0 spiro atoms. The number of anilines is 1. The lowest BCUT2D eigenvalue weighted by atomic mass is 10.1. The van der Waals surface area contributed by atoms with Crippen LogP contribution in [0.5, 0.6) is 0 Å². The number of fused-ring (bicyclic) bond motifs is 1. The average Bonchev–Trinajstić information content (AvgIpc) is 2.28. The predicted octanol–water partition coefficient (Wildman–Crippen LogP) is 2.72. The molecule has 0 aliphatic carbocycles. The van der Waals surface area contributed by atoms with Crippen LogP contribution in [0.3, 0.4) is 0 Å². The van der Waals surface area contributed by atoms with Gasteiger partial charge in [-0.25, -0.2) is 4.39 Å². The summed E-state index contributed by atoms with van der Waals surface area (Å²) in [4.78, 5) is 15.2. The molecule has 2 aromatic rings. The van der Waals surface area contributed by atoms with Crippen molar-refractivity contribution in [3.8, 4) is 0 Å². The molecule has 0 atom stereocenters. The van der Waals surface area contributed by atoms with Gasteiger partial charge in [-0.05, 0) is 18.2 Å². The summed E-state index contributed by atoms with van der Waals surface area (Å²) in [6, 6.07) is 4.46. The van der Waals surface area contributed by atoms with E-state index < -0.39 is 0 Å². The zero-order chi connectivity index (χ0) is 11.5. The smallest absolute Gasteiger partial charge is 0.224 e. The van der Waals surface area contributed by atoms with Crippen molar-refractivity contribution in [3.05, 3.63) is 36.4 Å².